The zero-order valence-electron chi connectivity index (χ0n) is 16.6. The predicted molar refractivity (Wildman–Crippen MR) is 117 cm³/mol. The molecule has 1 saturated heterocycles. The summed E-state index contributed by atoms with van der Waals surface area (Å²) >= 11 is 1.02. The summed E-state index contributed by atoms with van der Waals surface area (Å²) in [5.74, 6) is -1.94. The van der Waals surface area contributed by atoms with Crippen molar-refractivity contribution < 1.29 is 24.3 Å². The second-order valence-corrected chi connectivity index (χ2v) is 8.34. The third kappa shape index (κ3) is 4.41. The van der Waals surface area contributed by atoms with E-state index in [0.29, 0.717) is 17.8 Å². The van der Waals surface area contributed by atoms with E-state index in [1.54, 1.807) is 12.1 Å². The molecule has 2 aromatic rings. The van der Waals surface area contributed by atoms with Crippen molar-refractivity contribution in [3.63, 3.8) is 0 Å². The number of carbonyl (C=O) groups is 4. The Hall–Kier alpha value is -3.33. The van der Waals surface area contributed by atoms with E-state index in [9.17, 15) is 19.2 Å². The van der Waals surface area contributed by atoms with E-state index in [2.05, 4.69) is 5.32 Å². The minimum Gasteiger partial charge on any atom is -0.481 e. The van der Waals surface area contributed by atoms with Gasteiger partial charge in [-0.25, -0.2) is 0 Å². The van der Waals surface area contributed by atoms with Gasteiger partial charge in [-0.05, 0) is 23.3 Å². The molecule has 2 aromatic carbocycles. The van der Waals surface area contributed by atoms with E-state index in [1.165, 1.54) is 9.80 Å². The number of aliphatic carboxylic acids is 1. The molecule has 1 fully saturated rings. The molecule has 2 N–H and O–H groups in total. The first-order valence-electron chi connectivity index (χ1n) is 9.82. The Morgan fingerprint density at radius 1 is 1.03 bits per heavy atom. The van der Waals surface area contributed by atoms with Gasteiger partial charge in [-0.1, -0.05) is 36.4 Å². The SMILES string of the molecule is O=C(O)CSCC(=O)N1CCN2C(=O)c3cc(-c4ccccc4)ccc3NC(=O)[C@@H]2C1. The molecule has 3 amide bonds. The summed E-state index contributed by atoms with van der Waals surface area (Å²) in [4.78, 5) is 52.2. The fourth-order valence-electron chi connectivity index (χ4n) is 3.80. The third-order valence-electron chi connectivity index (χ3n) is 5.36. The zero-order valence-corrected chi connectivity index (χ0v) is 17.4. The van der Waals surface area contributed by atoms with Crippen LogP contribution in [-0.4, -0.2) is 75.8 Å². The van der Waals surface area contributed by atoms with Crippen LogP contribution in [-0.2, 0) is 14.4 Å². The molecule has 0 aromatic heterocycles. The first-order chi connectivity index (χ1) is 14.9. The van der Waals surface area contributed by atoms with Crippen LogP contribution in [0.5, 0.6) is 0 Å². The normalized spacial score (nSPS) is 18.0. The van der Waals surface area contributed by atoms with Crippen LogP contribution < -0.4 is 5.32 Å². The molecule has 1 atom stereocenters. The number of rotatable bonds is 5. The average Bonchev–Trinajstić information content (AvgIpc) is 2.88. The molecule has 31 heavy (non-hydrogen) atoms. The number of hydrogen-bond donors (Lipinski definition) is 2. The van der Waals surface area contributed by atoms with Crippen LogP contribution in [0.25, 0.3) is 11.1 Å². The van der Waals surface area contributed by atoms with E-state index in [4.69, 9.17) is 5.11 Å². The van der Waals surface area contributed by atoms with Gasteiger partial charge in [0.25, 0.3) is 5.91 Å². The molecule has 160 valence electrons. The number of fused-ring (bicyclic) bond motifs is 2. The lowest BCUT2D eigenvalue weighted by atomic mass is 10.0. The quantitative estimate of drug-likeness (QED) is 0.736. The van der Waals surface area contributed by atoms with E-state index >= 15 is 0 Å². The molecule has 2 aliphatic heterocycles. The second kappa shape index (κ2) is 8.81. The van der Waals surface area contributed by atoms with E-state index in [0.717, 1.165) is 22.9 Å². The van der Waals surface area contributed by atoms with E-state index in [1.807, 2.05) is 36.4 Å². The summed E-state index contributed by atoms with van der Waals surface area (Å²) in [6.07, 6.45) is 0. The lowest BCUT2D eigenvalue weighted by Gasteiger charge is -2.39. The van der Waals surface area contributed by atoms with Crippen molar-refractivity contribution in [1.82, 2.24) is 9.80 Å². The lowest BCUT2D eigenvalue weighted by Crippen LogP contribution is -2.59. The van der Waals surface area contributed by atoms with Crippen molar-refractivity contribution in [2.75, 3.05) is 36.5 Å². The first kappa shape index (κ1) is 20.9. The molecule has 0 radical (unpaired) electrons. The van der Waals surface area contributed by atoms with Crippen LogP contribution in [0.2, 0.25) is 0 Å². The van der Waals surface area contributed by atoms with Gasteiger partial charge in [0.15, 0.2) is 0 Å². The van der Waals surface area contributed by atoms with Crippen molar-refractivity contribution >= 4 is 41.1 Å². The van der Waals surface area contributed by atoms with Crippen LogP contribution in [0.3, 0.4) is 0 Å². The Labute approximate surface area is 183 Å². The number of benzene rings is 2. The van der Waals surface area contributed by atoms with Gasteiger partial charge in [-0.2, -0.15) is 0 Å². The largest absolute Gasteiger partial charge is 0.481 e. The number of amides is 3. The summed E-state index contributed by atoms with van der Waals surface area (Å²) in [5.41, 5.74) is 2.73. The number of piperazine rings is 1. The summed E-state index contributed by atoms with van der Waals surface area (Å²) in [6, 6.07) is 14.3. The summed E-state index contributed by atoms with van der Waals surface area (Å²) in [6.45, 7) is 0.626. The molecule has 0 aliphatic carbocycles. The topological polar surface area (TPSA) is 107 Å². The van der Waals surface area contributed by atoms with E-state index < -0.39 is 12.0 Å². The molecular weight excluding hydrogens is 418 g/mol. The van der Waals surface area contributed by atoms with Crippen LogP contribution in [0.1, 0.15) is 10.4 Å². The van der Waals surface area contributed by atoms with Crippen molar-refractivity contribution in [1.29, 1.82) is 0 Å². The van der Waals surface area contributed by atoms with Gasteiger partial charge in [0.2, 0.25) is 11.8 Å². The molecule has 0 saturated carbocycles. The van der Waals surface area contributed by atoms with Crippen molar-refractivity contribution in [2.45, 2.75) is 6.04 Å². The number of thioether (sulfide) groups is 1. The molecule has 9 heteroatoms. The Balaban J connectivity index is 1.53. The van der Waals surface area contributed by atoms with Crippen LogP contribution in [0.15, 0.2) is 48.5 Å². The van der Waals surface area contributed by atoms with Crippen molar-refractivity contribution in [3.8, 4) is 11.1 Å². The highest BCUT2D eigenvalue weighted by molar-refractivity contribution is 8.00. The maximum atomic E-state index is 13.3. The maximum Gasteiger partial charge on any atom is 0.313 e. The lowest BCUT2D eigenvalue weighted by molar-refractivity contribution is -0.134. The smallest absolute Gasteiger partial charge is 0.313 e. The molecule has 0 bridgehead atoms. The minimum absolute atomic E-state index is 0.0231. The van der Waals surface area contributed by atoms with Gasteiger partial charge in [0.05, 0.1) is 29.3 Å². The van der Waals surface area contributed by atoms with Crippen molar-refractivity contribution in [3.05, 3.63) is 54.1 Å². The number of anilines is 1. The van der Waals surface area contributed by atoms with Gasteiger partial charge < -0.3 is 20.2 Å². The molecule has 2 aliphatic rings. The van der Waals surface area contributed by atoms with Crippen LogP contribution in [0, 0.1) is 0 Å². The minimum atomic E-state index is -0.982. The fourth-order valence-corrected chi connectivity index (χ4v) is 4.44. The fraction of sp³-hybridized carbons (Fsp3) is 0.273. The van der Waals surface area contributed by atoms with Crippen molar-refractivity contribution in [2.24, 2.45) is 0 Å². The standard InChI is InChI=1S/C22H21N3O5S/c26-19(12-31-13-20(27)28)24-8-9-25-18(11-24)21(29)23-17-7-6-15(10-16(17)22(25)30)14-4-2-1-3-5-14/h1-7,10,18H,8-9,11-13H2,(H,23,29)(H,27,28)/t18-/m0/s1. The Kier molecular flexibility index (Phi) is 5.94. The number of hydrogen-bond acceptors (Lipinski definition) is 5. The van der Waals surface area contributed by atoms with Gasteiger partial charge in [-0.15, -0.1) is 11.8 Å². The zero-order chi connectivity index (χ0) is 22.0. The molecule has 8 nitrogen and oxygen atoms in total. The Morgan fingerprint density at radius 3 is 2.55 bits per heavy atom. The number of carbonyl (C=O) groups excluding carboxylic acids is 3. The highest BCUT2D eigenvalue weighted by Crippen LogP contribution is 2.30. The molecule has 2 heterocycles. The second-order valence-electron chi connectivity index (χ2n) is 7.36. The van der Waals surface area contributed by atoms with Crippen LogP contribution >= 0.6 is 11.8 Å². The molecular formula is C22H21N3O5S. The summed E-state index contributed by atoms with van der Waals surface area (Å²) in [5, 5.41) is 11.5. The predicted octanol–water partition coefficient (Wildman–Crippen LogP) is 1.78. The van der Waals surface area contributed by atoms with Gasteiger partial charge in [0, 0.05) is 13.1 Å². The highest BCUT2D eigenvalue weighted by Gasteiger charge is 2.40. The number of nitrogens with zero attached hydrogens (tertiary/aromatic N) is 2. The summed E-state index contributed by atoms with van der Waals surface area (Å²) < 4.78 is 0. The number of carboxylic acid groups (broad SMARTS) is 1. The number of nitrogens with one attached hydrogen (secondary N) is 1. The third-order valence-corrected chi connectivity index (χ3v) is 6.26. The van der Waals surface area contributed by atoms with Gasteiger partial charge in [-0.3, -0.25) is 19.2 Å². The average molecular weight is 439 g/mol. The monoisotopic (exact) mass is 439 g/mol. The van der Waals surface area contributed by atoms with E-state index in [-0.39, 0.29) is 42.3 Å². The van der Waals surface area contributed by atoms with Gasteiger partial charge >= 0.3 is 5.97 Å². The Morgan fingerprint density at radius 2 is 1.81 bits per heavy atom. The molecule has 4 rings (SSSR count). The first-order valence-corrected chi connectivity index (χ1v) is 11.0. The Bertz CT molecular complexity index is 1040. The highest BCUT2D eigenvalue weighted by atomic mass is 32.2. The van der Waals surface area contributed by atoms with Gasteiger partial charge in [0.1, 0.15) is 6.04 Å². The maximum absolute atomic E-state index is 13.3. The van der Waals surface area contributed by atoms with Crippen LogP contribution in [0.4, 0.5) is 5.69 Å². The summed E-state index contributed by atoms with van der Waals surface area (Å²) in [7, 11) is 0. The molecule has 0 spiro atoms. The number of carboxylic acids is 1. The molecule has 0 unspecified atom stereocenters.